The summed E-state index contributed by atoms with van der Waals surface area (Å²) in [6, 6.07) is 20.9. The Morgan fingerprint density at radius 3 is 2.13 bits per heavy atom. The lowest BCUT2D eigenvalue weighted by Gasteiger charge is -2.43. The van der Waals surface area contributed by atoms with Gasteiger partial charge in [0.15, 0.2) is 0 Å². The van der Waals surface area contributed by atoms with E-state index in [0.717, 1.165) is 18.7 Å². The molecular weight excluding hydrogens is 570 g/mol. The molecule has 0 amide bonds. The molecule has 0 unspecified atom stereocenters. The van der Waals surface area contributed by atoms with Crippen molar-refractivity contribution >= 4 is 11.9 Å². The molecule has 2 aliphatic rings. The van der Waals surface area contributed by atoms with Crippen LogP contribution in [0.15, 0.2) is 84.5 Å². The van der Waals surface area contributed by atoms with E-state index in [-0.39, 0.29) is 42.5 Å². The molecule has 0 bridgehead atoms. The van der Waals surface area contributed by atoms with Gasteiger partial charge < -0.3 is 30.5 Å². The molecule has 0 radical (unpaired) electrons. The zero-order valence-corrected chi connectivity index (χ0v) is 26.8. The summed E-state index contributed by atoms with van der Waals surface area (Å²) in [4.78, 5) is 23.1. The summed E-state index contributed by atoms with van der Waals surface area (Å²) in [6.07, 6.45) is 4.64. The molecule has 0 spiro atoms. The number of hydrogen-bond donors (Lipinski definition) is 5. The second-order valence-electron chi connectivity index (χ2n) is 12.5. The Balaban J connectivity index is 0.000000305. The number of benzene rings is 2. The van der Waals surface area contributed by atoms with Gasteiger partial charge in [-0.15, -0.1) is 0 Å². The number of aliphatic hydroxyl groups is 3. The van der Waals surface area contributed by atoms with Gasteiger partial charge in [-0.05, 0) is 54.2 Å². The standard InChI is InChI=1S/C23H36O7.C14H15N/c1-4-13(2)23(29)30-20-11-17(25)9-15-6-5-14(3)19(22(15)20)8-7-16(24)10-18(26)12-21(27)28;1-3-7-13(8-4-1)11-15-12-14-9-5-2-6-10-14/h5-6,9,13-14,16-20,22,24-26H,4,7-8,10-12H2,1-3H3,(H,27,28);1-10,15H,11-12H2/t13-,14-,16+,17+,18+,19-,20-,22-;/m0./s1. The van der Waals surface area contributed by atoms with E-state index in [9.17, 15) is 24.9 Å². The van der Waals surface area contributed by atoms with E-state index < -0.39 is 30.4 Å². The lowest BCUT2D eigenvalue weighted by atomic mass is 9.66. The van der Waals surface area contributed by atoms with Gasteiger partial charge in [0.1, 0.15) is 6.10 Å². The third-order valence-electron chi connectivity index (χ3n) is 8.79. The Bertz CT molecular complexity index is 1190. The minimum absolute atomic E-state index is 0.0156. The zero-order chi connectivity index (χ0) is 32.8. The maximum Gasteiger partial charge on any atom is 0.308 e. The molecule has 246 valence electrons. The number of aliphatic carboxylic acids is 1. The van der Waals surface area contributed by atoms with Crippen LogP contribution in [0.25, 0.3) is 0 Å². The summed E-state index contributed by atoms with van der Waals surface area (Å²) in [5.74, 6) is -1.31. The topological polar surface area (TPSA) is 136 Å². The van der Waals surface area contributed by atoms with Gasteiger partial charge in [-0.25, -0.2) is 0 Å². The molecule has 2 aromatic carbocycles. The van der Waals surface area contributed by atoms with Crippen molar-refractivity contribution in [2.24, 2.45) is 23.7 Å². The maximum absolute atomic E-state index is 12.4. The molecule has 8 atom stereocenters. The van der Waals surface area contributed by atoms with Crippen molar-refractivity contribution in [2.45, 2.75) is 96.8 Å². The highest BCUT2D eigenvalue weighted by molar-refractivity contribution is 5.72. The molecule has 4 rings (SSSR count). The van der Waals surface area contributed by atoms with Gasteiger partial charge in [-0.2, -0.15) is 0 Å². The normalized spacial score (nSPS) is 24.2. The maximum atomic E-state index is 12.4. The van der Waals surface area contributed by atoms with Crippen molar-refractivity contribution in [1.82, 2.24) is 5.32 Å². The molecule has 0 aliphatic heterocycles. The van der Waals surface area contributed by atoms with Crippen LogP contribution in [0.4, 0.5) is 0 Å². The molecule has 2 aliphatic carbocycles. The average Bonchev–Trinajstić information content (AvgIpc) is 3.01. The molecule has 45 heavy (non-hydrogen) atoms. The number of nitrogens with one attached hydrogen (secondary N) is 1. The molecular formula is C37H51NO7. The van der Waals surface area contributed by atoms with Gasteiger partial charge in [0.2, 0.25) is 0 Å². The van der Waals surface area contributed by atoms with Crippen molar-refractivity contribution in [1.29, 1.82) is 0 Å². The smallest absolute Gasteiger partial charge is 0.308 e. The van der Waals surface area contributed by atoms with Crippen LogP contribution in [0.1, 0.15) is 70.4 Å². The van der Waals surface area contributed by atoms with Crippen LogP contribution in [0.2, 0.25) is 0 Å². The van der Waals surface area contributed by atoms with Crippen LogP contribution in [0.5, 0.6) is 0 Å². The first-order valence-corrected chi connectivity index (χ1v) is 16.2. The van der Waals surface area contributed by atoms with Crippen molar-refractivity contribution in [3.63, 3.8) is 0 Å². The van der Waals surface area contributed by atoms with Crippen LogP contribution in [-0.4, -0.2) is 56.8 Å². The Morgan fingerprint density at radius 1 is 0.978 bits per heavy atom. The number of carbonyl (C=O) groups is 2. The highest BCUT2D eigenvalue weighted by Gasteiger charge is 2.42. The quantitative estimate of drug-likeness (QED) is 0.177. The number of ether oxygens (including phenoxy) is 1. The third kappa shape index (κ3) is 12.2. The Labute approximate surface area is 267 Å². The number of carboxylic acids is 1. The fourth-order valence-corrected chi connectivity index (χ4v) is 6.06. The largest absolute Gasteiger partial charge is 0.481 e. The van der Waals surface area contributed by atoms with E-state index in [1.165, 1.54) is 11.1 Å². The molecule has 0 heterocycles. The van der Waals surface area contributed by atoms with E-state index in [2.05, 4.69) is 66.8 Å². The first-order chi connectivity index (χ1) is 21.6. The number of carboxylic acid groups (broad SMARTS) is 1. The number of rotatable bonds is 14. The monoisotopic (exact) mass is 621 g/mol. The Hall–Kier alpha value is -3.30. The van der Waals surface area contributed by atoms with Gasteiger partial charge in [-0.3, -0.25) is 9.59 Å². The van der Waals surface area contributed by atoms with Gasteiger partial charge in [0.05, 0.1) is 30.7 Å². The SMILES string of the molecule is CC[C@H](C)C(=O)O[C@H]1C[C@H](O)C=C2C=C[C@H](C)[C@H](CC[C@@H](O)C[C@@H](O)CC(=O)O)[C@H]21.c1ccc(CNCc2ccccc2)cc1. The van der Waals surface area contributed by atoms with Crippen LogP contribution in [0, 0.1) is 23.7 Å². The molecule has 0 aromatic heterocycles. The number of allylic oxidation sites excluding steroid dienone is 2. The van der Waals surface area contributed by atoms with Crippen molar-refractivity contribution < 1.29 is 34.8 Å². The van der Waals surface area contributed by atoms with Gasteiger partial charge >= 0.3 is 11.9 Å². The summed E-state index contributed by atoms with van der Waals surface area (Å²) in [5, 5.41) is 42.5. The highest BCUT2D eigenvalue weighted by Crippen LogP contribution is 2.44. The molecule has 8 nitrogen and oxygen atoms in total. The fourth-order valence-electron chi connectivity index (χ4n) is 6.06. The Morgan fingerprint density at radius 2 is 1.58 bits per heavy atom. The number of aliphatic hydroxyl groups excluding tert-OH is 3. The van der Waals surface area contributed by atoms with E-state index in [1.54, 1.807) is 0 Å². The van der Waals surface area contributed by atoms with E-state index in [1.807, 2.05) is 38.1 Å². The molecule has 8 heteroatoms. The van der Waals surface area contributed by atoms with Crippen molar-refractivity contribution in [3.05, 3.63) is 95.6 Å². The number of hydrogen-bond acceptors (Lipinski definition) is 7. The zero-order valence-electron chi connectivity index (χ0n) is 26.8. The number of esters is 1. The second-order valence-corrected chi connectivity index (χ2v) is 12.5. The summed E-state index contributed by atoms with van der Waals surface area (Å²) in [5.41, 5.74) is 3.61. The van der Waals surface area contributed by atoms with E-state index >= 15 is 0 Å². The van der Waals surface area contributed by atoms with Crippen molar-refractivity contribution in [3.8, 4) is 0 Å². The number of fused-ring (bicyclic) bond motifs is 1. The molecule has 0 fully saturated rings. The van der Waals surface area contributed by atoms with Crippen LogP contribution in [0.3, 0.4) is 0 Å². The fraction of sp³-hybridized carbons (Fsp3) is 0.514. The molecule has 0 saturated carbocycles. The second kappa shape index (κ2) is 18.6. The van der Waals surface area contributed by atoms with Gasteiger partial charge in [-0.1, -0.05) is 99.7 Å². The summed E-state index contributed by atoms with van der Waals surface area (Å²) in [7, 11) is 0. The van der Waals surface area contributed by atoms with Crippen LogP contribution in [-0.2, 0) is 27.4 Å². The summed E-state index contributed by atoms with van der Waals surface area (Å²) in [6.45, 7) is 7.70. The lowest BCUT2D eigenvalue weighted by Crippen LogP contribution is -2.43. The summed E-state index contributed by atoms with van der Waals surface area (Å²) >= 11 is 0. The Kier molecular flexibility index (Phi) is 15.0. The third-order valence-corrected chi connectivity index (χ3v) is 8.79. The first-order valence-electron chi connectivity index (χ1n) is 16.2. The molecule has 2 aromatic rings. The van der Waals surface area contributed by atoms with E-state index in [4.69, 9.17) is 9.84 Å². The van der Waals surface area contributed by atoms with E-state index in [0.29, 0.717) is 25.7 Å². The number of carbonyl (C=O) groups excluding carboxylic acids is 1. The minimum Gasteiger partial charge on any atom is -0.481 e. The molecule has 0 saturated heterocycles. The average molecular weight is 622 g/mol. The predicted octanol–water partition coefficient (Wildman–Crippen LogP) is 5.42. The highest BCUT2D eigenvalue weighted by atomic mass is 16.5. The lowest BCUT2D eigenvalue weighted by molar-refractivity contribution is -0.159. The predicted molar refractivity (Wildman–Crippen MR) is 175 cm³/mol. The minimum atomic E-state index is -1.10. The molecule has 5 N–H and O–H groups in total. The van der Waals surface area contributed by atoms with Gasteiger partial charge in [0, 0.05) is 25.4 Å². The summed E-state index contributed by atoms with van der Waals surface area (Å²) < 4.78 is 5.84. The van der Waals surface area contributed by atoms with Gasteiger partial charge in [0.25, 0.3) is 0 Å². The van der Waals surface area contributed by atoms with Crippen LogP contribution >= 0.6 is 0 Å². The van der Waals surface area contributed by atoms with Crippen molar-refractivity contribution in [2.75, 3.05) is 0 Å². The van der Waals surface area contributed by atoms with Crippen LogP contribution < -0.4 is 5.32 Å². The first kappa shape index (κ1) is 36.2.